The lowest BCUT2D eigenvalue weighted by Gasteiger charge is -2.07. The summed E-state index contributed by atoms with van der Waals surface area (Å²) >= 11 is 0. The molecule has 0 aliphatic carbocycles. The molecule has 1 N–H and O–H groups in total. The minimum absolute atomic E-state index is 0.510. The highest BCUT2D eigenvalue weighted by molar-refractivity contribution is 5.27. The minimum Gasteiger partial charge on any atom is -0.490 e. The first kappa shape index (κ1) is 15.4. The number of hydrogen-bond acceptors (Lipinski definition) is 4. The predicted molar refractivity (Wildman–Crippen MR) is 82.7 cm³/mol. The summed E-state index contributed by atoms with van der Waals surface area (Å²) in [5, 5.41) is 7.33. The van der Waals surface area contributed by atoms with Gasteiger partial charge in [-0.05, 0) is 31.2 Å². The zero-order valence-corrected chi connectivity index (χ0v) is 12.7. The molecular formula is C16H23N3O2. The highest BCUT2D eigenvalue weighted by atomic mass is 16.5. The van der Waals surface area contributed by atoms with Gasteiger partial charge in [0.25, 0.3) is 0 Å². The molecule has 0 radical (unpaired) electrons. The Kier molecular flexibility index (Phi) is 6.09. The summed E-state index contributed by atoms with van der Waals surface area (Å²) in [5.41, 5.74) is 1.24. The van der Waals surface area contributed by atoms with Crippen molar-refractivity contribution in [1.29, 1.82) is 0 Å². The van der Waals surface area contributed by atoms with Gasteiger partial charge in [-0.15, -0.1) is 0 Å². The number of hydrogen-bond donors (Lipinski definition) is 1. The fraction of sp³-hybridized carbons (Fsp3) is 0.438. The van der Waals surface area contributed by atoms with Gasteiger partial charge in [0.05, 0.1) is 12.4 Å². The molecule has 1 aromatic heterocycles. The Balaban J connectivity index is 1.68. The summed E-state index contributed by atoms with van der Waals surface area (Å²) in [4.78, 5) is 0. The number of aryl methyl sites for hydroxylation is 1. The smallest absolute Gasteiger partial charge is 0.157 e. The van der Waals surface area contributed by atoms with Crippen LogP contribution in [0.1, 0.15) is 18.9 Å². The number of ether oxygens (including phenoxy) is 2. The number of benzene rings is 1. The third-order valence-corrected chi connectivity index (χ3v) is 2.99. The van der Waals surface area contributed by atoms with Crippen LogP contribution in [0.25, 0.3) is 0 Å². The molecule has 0 aliphatic rings. The van der Waals surface area contributed by atoms with E-state index in [2.05, 4.69) is 29.5 Å². The average Bonchev–Trinajstić information content (AvgIpc) is 2.94. The van der Waals surface area contributed by atoms with Gasteiger partial charge in [-0.25, -0.2) is 0 Å². The van der Waals surface area contributed by atoms with Crippen molar-refractivity contribution in [3.63, 3.8) is 0 Å². The Morgan fingerprint density at radius 3 is 2.48 bits per heavy atom. The summed E-state index contributed by atoms with van der Waals surface area (Å²) in [6.07, 6.45) is 4.71. The molecule has 1 heterocycles. The first-order valence-corrected chi connectivity index (χ1v) is 7.33. The summed E-state index contributed by atoms with van der Waals surface area (Å²) in [7, 11) is 1.93. The van der Waals surface area contributed by atoms with Crippen LogP contribution in [0.4, 0.5) is 0 Å². The molecule has 0 fully saturated rings. The lowest BCUT2D eigenvalue weighted by Crippen LogP contribution is -2.09. The van der Waals surface area contributed by atoms with Crippen molar-refractivity contribution in [3.8, 4) is 11.5 Å². The Morgan fingerprint density at radius 2 is 1.81 bits per heavy atom. The van der Waals surface area contributed by atoms with Crippen molar-refractivity contribution in [2.45, 2.75) is 26.4 Å². The van der Waals surface area contributed by atoms with Crippen molar-refractivity contribution >= 4 is 0 Å². The number of rotatable bonds is 9. The number of nitrogens with zero attached hydrogens (tertiary/aromatic N) is 2. The van der Waals surface area contributed by atoms with Crippen LogP contribution in [0.15, 0.2) is 36.7 Å². The van der Waals surface area contributed by atoms with Gasteiger partial charge >= 0.3 is 0 Å². The van der Waals surface area contributed by atoms with E-state index in [1.165, 1.54) is 5.56 Å². The van der Waals surface area contributed by atoms with E-state index in [0.29, 0.717) is 13.2 Å². The van der Waals surface area contributed by atoms with Crippen molar-refractivity contribution in [2.75, 3.05) is 20.3 Å². The zero-order chi connectivity index (χ0) is 14.9. The van der Waals surface area contributed by atoms with Crippen molar-refractivity contribution < 1.29 is 9.47 Å². The molecule has 0 unspecified atom stereocenters. The molecule has 0 spiro atoms. The Bertz CT molecular complexity index is 523. The van der Waals surface area contributed by atoms with E-state index in [0.717, 1.165) is 31.0 Å². The van der Waals surface area contributed by atoms with E-state index < -0.39 is 0 Å². The molecule has 0 aliphatic heterocycles. The van der Waals surface area contributed by atoms with E-state index in [9.17, 15) is 0 Å². The van der Waals surface area contributed by atoms with Crippen LogP contribution < -0.4 is 14.8 Å². The normalized spacial score (nSPS) is 10.6. The molecule has 0 amide bonds. The van der Waals surface area contributed by atoms with Crippen LogP contribution in [-0.2, 0) is 13.1 Å². The Hall–Kier alpha value is -2.01. The van der Waals surface area contributed by atoms with Gasteiger partial charge in [0.15, 0.2) is 5.75 Å². The quantitative estimate of drug-likeness (QED) is 0.720. The van der Waals surface area contributed by atoms with Gasteiger partial charge in [0, 0.05) is 13.1 Å². The zero-order valence-electron chi connectivity index (χ0n) is 12.7. The predicted octanol–water partition coefficient (Wildman–Crippen LogP) is 2.47. The molecule has 5 nitrogen and oxygen atoms in total. The van der Waals surface area contributed by atoms with Crippen LogP contribution in [0.5, 0.6) is 11.5 Å². The Labute approximate surface area is 125 Å². The number of nitrogens with one attached hydrogen (secondary N) is 1. The number of aromatic nitrogens is 2. The lowest BCUT2D eigenvalue weighted by atomic mass is 10.2. The largest absolute Gasteiger partial charge is 0.490 e. The van der Waals surface area contributed by atoms with Crippen LogP contribution in [-0.4, -0.2) is 30.0 Å². The first-order chi connectivity index (χ1) is 10.3. The highest BCUT2D eigenvalue weighted by Gasteiger charge is 1.99. The first-order valence-electron chi connectivity index (χ1n) is 7.33. The fourth-order valence-electron chi connectivity index (χ4n) is 2.00. The van der Waals surface area contributed by atoms with E-state index >= 15 is 0 Å². The van der Waals surface area contributed by atoms with E-state index in [4.69, 9.17) is 9.47 Å². The summed E-state index contributed by atoms with van der Waals surface area (Å²) in [5.74, 6) is 1.65. The van der Waals surface area contributed by atoms with Gasteiger partial charge in [0.1, 0.15) is 19.0 Å². The van der Waals surface area contributed by atoms with Crippen LogP contribution >= 0.6 is 0 Å². The monoisotopic (exact) mass is 289 g/mol. The molecule has 0 atom stereocenters. The lowest BCUT2D eigenvalue weighted by molar-refractivity contribution is 0.217. The molecule has 114 valence electrons. The van der Waals surface area contributed by atoms with Gasteiger partial charge in [-0.2, -0.15) is 5.10 Å². The third kappa shape index (κ3) is 5.11. The maximum absolute atomic E-state index is 5.64. The molecule has 0 saturated heterocycles. The van der Waals surface area contributed by atoms with Gasteiger partial charge in [0.2, 0.25) is 0 Å². The fourth-order valence-corrected chi connectivity index (χ4v) is 2.00. The van der Waals surface area contributed by atoms with Crippen LogP contribution in [0, 0.1) is 0 Å². The maximum atomic E-state index is 5.64. The van der Waals surface area contributed by atoms with Crippen molar-refractivity contribution in [2.24, 2.45) is 0 Å². The molecule has 2 aromatic rings. The van der Waals surface area contributed by atoms with E-state index in [1.54, 1.807) is 6.20 Å². The van der Waals surface area contributed by atoms with E-state index in [-0.39, 0.29) is 0 Å². The third-order valence-electron chi connectivity index (χ3n) is 2.99. The summed E-state index contributed by atoms with van der Waals surface area (Å²) < 4.78 is 13.1. The minimum atomic E-state index is 0.510. The maximum Gasteiger partial charge on any atom is 0.157 e. The van der Waals surface area contributed by atoms with Gasteiger partial charge in [-0.1, -0.05) is 19.1 Å². The standard InChI is InChI=1S/C16H23N3O2/c1-3-8-19-13-16(12-18-19)21-10-9-20-15-6-4-14(5-7-15)11-17-2/h4-7,12-13,17H,3,8-11H2,1-2H3. The molecular weight excluding hydrogens is 266 g/mol. The second-order valence-electron chi connectivity index (χ2n) is 4.81. The van der Waals surface area contributed by atoms with Gasteiger partial charge in [-0.3, -0.25) is 4.68 Å². The molecule has 21 heavy (non-hydrogen) atoms. The van der Waals surface area contributed by atoms with Gasteiger partial charge < -0.3 is 14.8 Å². The topological polar surface area (TPSA) is 48.3 Å². The molecule has 0 saturated carbocycles. The summed E-state index contributed by atoms with van der Waals surface area (Å²) in [6, 6.07) is 8.07. The Morgan fingerprint density at radius 1 is 1.10 bits per heavy atom. The summed E-state index contributed by atoms with van der Waals surface area (Å²) in [6.45, 7) is 4.93. The SMILES string of the molecule is CCCn1cc(OCCOc2ccc(CNC)cc2)cn1. The second kappa shape index (κ2) is 8.32. The molecule has 5 heteroatoms. The average molecular weight is 289 g/mol. The van der Waals surface area contributed by atoms with Crippen LogP contribution in [0.2, 0.25) is 0 Å². The van der Waals surface area contributed by atoms with Crippen molar-refractivity contribution in [1.82, 2.24) is 15.1 Å². The van der Waals surface area contributed by atoms with E-state index in [1.807, 2.05) is 30.1 Å². The van der Waals surface area contributed by atoms with Crippen LogP contribution in [0.3, 0.4) is 0 Å². The molecule has 2 rings (SSSR count). The molecule has 0 bridgehead atoms. The second-order valence-corrected chi connectivity index (χ2v) is 4.81. The molecule has 1 aromatic carbocycles. The van der Waals surface area contributed by atoms with Crippen molar-refractivity contribution in [3.05, 3.63) is 42.2 Å². The highest BCUT2D eigenvalue weighted by Crippen LogP contribution is 2.12.